The van der Waals surface area contributed by atoms with Crippen molar-refractivity contribution in [2.24, 2.45) is 0 Å². The van der Waals surface area contributed by atoms with Gasteiger partial charge in [0.2, 0.25) is 17.7 Å². The first-order valence-electron chi connectivity index (χ1n) is 12.5. The summed E-state index contributed by atoms with van der Waals surface area (Å²) < 4.78 is 0. The molecule has 0 aliphatic carbocycles. The van der Waals surface area contributed by atoms with Gasteiger partial charge in [-0.15, -0.1) is 0 Å². The van der Waals surface area contributed by atoms with Crippen molar-refractivity contribution in [1.82, 2.24) is 15.1 Å². The van der Waals surface area contributed by atoms with Gasteiger partial charge >= 0.3 is 0 Å². The molecular weight excluding hydrogens is 450 g/mol. The zero-order valence-corrected chi connectivity index (χ0v) is 20.7. The monoisotopic (exact) mass is 481 g/mol. The average molecular weight is 482 g/mol. The molecule has 6 nitrogen and oxygen atoms in total. The summed E-state index contributed by atoms with van der Waals surface area (Å²) in [6, 6.07) is 22.3. The summed E-state index contributed by atoms with van der Waals surface area (Å²) in [6.45, 7) is 4.79. The average Bonchev–Trinajstić information content (AvgIpc) is 2.88. The van der Waals surface area contributed by atoms with E-state index in [1.165, 1.54) is 10.5 Å². The maximum Gasteiger partial charge on any atom is 0.247 e. The molecule has 36 heavy (non-hydrogen) atoms. The van der Waals surface area contributed by atoms with E-state index in [9.17, 15) is 14.4 Å². The van der Waals surface area contributed by atoms with E-state index in [4.69, 9.17) is 0 Å². The Balaban J connectivity index is 1.38. The SMILES string of the molecule is Cc1ccc(CCNC(=O)C(c2ccc(C)cc2)N2CC(=O)N3Cc4ccccc4C[C@H]3C2=O)cc1. The van der Waals surface area contributed by atoms with E-state index in [1.54, 1.807) is 4.90 Å². The first-order valence-corrected chi connectivity index (χ1v) is 12.5. The molecule has 184 valence electrons. The summed E-state index contributed by atoms with van der Waals surface area (Å²) >= 11 is 0. The van der Waals surface area contributed by atoms with Crippen LogP contribution in [0.5, 0.6) is 0 Å². The van der Waals surface area contributed by atoms with Crippen LogP contribution in [0.15, 0.2) is 72.8 Å². The lowest BCUT2D eigenvalue weighted by Gasteiger charge is -2.45. The number of amides is 3. The molecule has 1 fully saturated rings. The van der Waals surface area contributed by atoms with Crippen LogP contribution in [0.4, 0.5) is 0 Å². The largest absolute Gasteiger partial charge is 0.354 e. The molecule has 2 atom stereocenters. The molecule has 1 N–H and O–H groups in total. The van der Waals surface area contributed by atoms with Crippen molar-refractivity contribution < 1.29 is 14.4 Å². The minimum Gasteiger partial charge on any atom is -0.354 e. The zero-order valence-electron chi connectivity index (χ0n) is 20.7. The summed E-state index contributed by atoms with van der Waals surface area (Å²) in [4.78, 5) is 43.7. The van der Waals surface area contributed by atoms with Crippen molar-refractivity contribution in [3.05, 3.63) is 106 Å². The predicted molar refractivity (Wildman–Crippen MR) is 138 cm³/mol. The third-order valence-electron chi connectivity index (χ3n) is 7.23. The number of rotatable bonds is 6. The third kappa shape index (κ3) is 4.76. The number of hydrogen-bond acceptors (Lipinski definition) is 3. The molecule has 6 heteroatoms. The van der Waals surface area contributed by atoms with E-state index in [-0.39, 0.29) is 24.3 Å². The Hall–Kier alpha value is -3.93. The summed E-state index contributed by atoms with van der Waals surface area (Å²) in [5.74, 6) is -0.571. The van der Waals surface area contributed by atoms with Crippen LogP contribution in [0.25, 0.3) is 0 Å². The molecule has 3 aromatic carbocycles. The van der Waals surface area contributed by atoms with Crippen LogP contribution in [0.1, 0.15) is 39.4 Å². The highest BCUT2D eigenvalue weighted by Gasteiger charge is 2.46. The molecule has 3 amide bonds. The van der Waals surface area contributed by atoms with Crippen LogP contribution in [-0.2, 0) is 33.8 Å². The van der Waals surface area contributed by atoms with E-state index in [2.05, 4.69) is 29.6 Å². The molecule has 5 rings (SSSR count). The molecule has 2 heterocycles. The second-order valence-electron chi connectivity index (χ2n) is 9.82. The Labute approximate surface area is 211 Å². The van der Waals surface area contributed by atoms with Crippen LogP contribution in [0, 0.1) is 13.8 Å². The maximum atomic E-state index is 13.8. The molecule has 0 spiro atoms. The first kappa shape index (κ1) is 23.8. The Kier molecular flexibility index (Phi) is 6.59. The number of carbonyl (C=O) groups excluding carboxylic acids is 3. The standard InChI is InChI=1S/C30H31N3O3/c1-20-7-11-22(12-8-20)15-16-31-29(35)28(23-13-9-21(2)10-14-23)33-19-27(34)32-18-25-6-4-3-5-24(25)17-26(32)30(33)36/h3-14,26,28H,15-19H2,1-2H3,(H,31,35)/t26-,28?/m0/s1. The molecular formula is C30H31N3O3. The highest BCUT2D eigenvalue weighted by Crippen LogP contribution is 2.32. The van der Waals surface area contributed by atoms with E-state index < -0.39 is 12.1 Å². The first-order chi connectivity index (χ1) is 17.4. The zero-order chi connectivity index (χ0) is 25.2. The molecule has 0 saturated carbocycles. The predicted octanol–water partition coefficient (Wildman–Crippen LogP) is 3.50. The van der Waals surface area contributed by atoms with Gasteiger partial charge in [0.05, 0.1) is 0 Å². The van der Waals surface area contributed by atoms with Gasteiger partial charge in [-0.1, -0.05) is 83.9 Å². The van der Waals surface area contributed by atoms with Gasteiger partial charge in [-0.3, -0.25) is 14.4 Å². The summed E-state index contributed by atoms with van der Waals surface area (Å²) in [5, 5.41) is 3.02. The van der Waals surface area contributed by atoms with Crippen molar-refractivity contribution >= 4 is 17.7 Å². The topological polar surface area (TPSA) is 69.7 Å². The van der Waals surface area contributed by atoms with E-state index in [0.717, 1.165) is 22.3 Å². The van der Waals surface area contributed by atoms with E-state index in [0.29, 0.717) is 31.5 Å². The van der Waals surface area contributed by atoms with Crippen molar-refractivity contribution in [3.8, 4) is 0 Å². The summed E-state index contributed by atoms with van der Waals surface area (Å²) in [6.07, 6.45) is 1.15. The smallest absolute Gasteiger partial charge is 0.247 e. The minimum absolute atomic E-state index is 0.110. The van der Waals surface area contributed by atoms with Crippen LogP contribution in [-0.4, -0.2) is 46.7 Å². The summed E-state index contributed by atoms with van der Waals surface area (Å²) in [7, 11) is 0. The summed E-state index contributed by atoms with van der Waals surface area (Å²) in [5.41, 5.74) is 6.25. The number of nitrogens with zero attached hydrogens (tertiary/aromatic N) is 2. The molecule has 0 radical (unpaired) electrons. The highest BCUT2D eigenvalue weighted by molar-refractivity contribution is 5.99. The molecule has 2 aliphatic heterocycles. The van der Waals surface area contributed by atoms with Gasteiger partial charge in [0.25, 0.3) is 0 Å². The second kappa shape index (κ2) is 9.97. The van der Waals surface area contributed by atoms with Crippen LogP contribution >= 0.6 is 0 Å². The van der Waals surface area contributed by atoms with Gasteiger partial charge < -0.3 is 15.1 Å². The maximum absolute atomic E-state index is 13.8. The third-order valence-corrected chi connectivity index (χ3v) is 7.23. The molecule has 0 aromatic heterocycles. The molecule has 3 aromatic rings. The van der Waals surface area contributed by atoms with E-state index in [1.807, 2.05) is 62.4 Å². The fourth-order valence-corrected chi connectivity index (χ4v) is 5.13. The number of aryl methyl sites for hydroxylation is 2. The van der Waals surface area contributed by atoms with Crippen molar-refractivity contribution in [2.45, 2.75) is 45.3 Å². The van der Waals surface area contributed by atoms with Gasteiger partial charge in [-0.2, -0.15) is 0 Å². The normalized spacial score (nSPS) is 17.9. The van der Waals surface area contributed by atoms with Crippen molar-refractivity contribution in [1.29, 1.82) is 0 Å². The van der Waals surface area contributed by atoms with Gasteiger partial charge in [0.1, 0.15) is 18.6 Å². The lowest BCUT2D eigenvalue weighted by atomic mass is 9.90. The highest BCUT2D eigenvalue weighted by atomic mass is 16.2. The second-order valence-corrected chi connectivity index (χ2v) is 9.82. The Morgan fingerprint density at radius 1 is 0.889 bits per heavy atom. The van der Waals surface area contributed by atoms with Crippen LogP contribution in [0.3, 0.4) is 0 Å². The van der Waals surface area contributed by atoms with Gasteiger partial charge in [-0.05, 0) is 42.5 Å². The number of carbonyl (C=O) groups is 3. The number of hydrogen-bond donors (Lipinski definition) is 1. The fraction of sp³-hybridized carbons (Fsp3) is 0.300. The van der Waals surface area contributed by atoms with Crippen LogP contribution < -0.4 is 5.32 Å². The van der Waals surface area contributed by atoms with Gasteiger partial charge in [-0.25, -0.2) is 0 Å². The van der Waals surface area contributed by atoms with Crippen molar-refractivity contribution in [2.75, 3.05) is 13.1 Å². The molecule has 1 saturated heterocycles. The lowest BCUT2D eigenvalue weighted by Crippen LogP contribution is -2.63. The molecule has 1 unspecified atom stereocenters. The van der Waals surface area contributed by atoms with E-state index >= 15 is 0 Å². The number of piperazine rings is 1. The Morgan fingerprint density at radius 3 is 2.22 bits per heavy atom. The van der Waals surface area contributed by atoms with Gasteiger partial charge in [0.15, 0.2) is 0 Å². The quantitative estimate of drug-likeness (QED) is 0.586. The fourth-order valence-electron chi connectivity index (χ4n) is 5.13. The Morgan fingerprint density at radius 2 is 1.53 bits per heavy atom. The number of benzene rings is 3. The number of nitrogens with one attached hydrogen (secondary N) is 1. The van der Waals surface area contributed by atoms with Crippen molar-refractivity contribution in [3.63, 3.8) is 0 Å². The van der Waals surface area contributed by atoms with Crippen LogP contribution in [0.2, 0.25) is 0 Å². The van der Waals surface area contributed by atoms with Gasteiger partial charge in [0, 0.05) is 19.5 Å². The lowest BCUT2D eigenvalue weighted by molar-refractivity contribution is -0.161. The number of fused-ring (bicyclic) bond motifs is 2. The molecule has 2 aliphatic rings. The minimum atomic E-state index is -0.862. The molecule has 0 bridgehead atoms. The Bertz CT molecular complexity index is 1280.